The molecule has 2 saturated heterocycles. The number of benzene rings is 1. The molecule has 0 radical (unpaired) electrons. The Balaban J connectivity index is 1.67. The monoisotopic (exact) mass is 299 g/mol. The molecule has 0 unspecified atom stereocenters. The van der Waals surface area contributed by atoms with Crippen molar-refractivity contribution in [1.82, 2.24) is 10.2 Å². The van der Waals surface area contributed by atoms with E-state index >= 15 is 0 Å². The maximum atomic E-state index is 12.6. The van der Waals surface area contributed by atoms with Gasteiger partial charge in [-0.2, -0.15) is 5.26 Å². The molecular formula is C17H21N3O2. The number of carbonyl (C=O) groups is 1. The standard InChI is InChI=1S/C17H21N3O2/c1-22-15-6-2-4-12(8-15)13-9-16(19-11-13)17(21)20-7-3-5-14(20)10-18/h2,4,6,8,13-14,16,19H,3,5,7,9,11H2,1H3/t13-,14-,16-/m0/s1. The SMILES string of the molecule is COc1cccc([C@@H]2CN[C@H](C(=O)N3CCC[C@H]3C#N)C2)c1. The molecule has 1 N–H and O–H groups in total. The summed E-state index contributed by atoms with van der Waals surface area (Å²) >= 11 is 0. The lowest BCUT2D eigenvalue weighted by Gasteiger charge is -2.23. The van der Waals surface area contributed by atoms with Crippen molar-refractivity contribution in [1.29, 1.82) is 5.26 Å². The highest BCUT2D eigenvalue weighted by atomic mass is 16.5. The average Bonchev–Trinajstić information content (AvgIpc) is 3.23. The molecule has 22 heavy (non-hydrogen) atoms. The van der Waals surface area contributed by atoms with Crippen LogP contribution in [0.15, 0.2) is 24.3 Å². The fraction of sp³-hybridized carbons (Fsp3) is 0.529. The molecular weight excluding hydrogens is 278 g/mol. The van der Waals surface area contributed by atoms with Crippen molar-refractivity contribution >= 4 is 5.91 Å². The van der Waals surface area contributed by atoms with E-state index < -0.39 is 0 Å². The molecule has 1 aromatic rings. The molecule has 116 valence electrons. The number of nitrogens with zero attached hydrogens (tertiary/aromatic N) is 2. The summed E-state index contributed by atoms with van der Waals surface area (Å²) in [7, 11) is 1.66. The van der Waals surface area contributed by atoms with Gasteiger partial charge in [0.25, 0.3) is 0 Å². The highest BCUT2D eigenvalue weighted by molar-refractivity contribution is 5.83. The van der Waals surface area contributed by atoms with Gasteiger partial charge in [0.15, 0.2) is 0 Å². The van der Waals surface area contributed by atoms with Gasteiger partial charge in [-0.05, 0) is 42.9 Å². The van der Waals surface area contributed by atoms with E-state index in [1.165, 1.54) is 5.56 Å². The largest absolute Gasteiger partial charge is 0.497 e. The summed E-state index contributed by atoms with van der Waals surface area (Å²) in [6, 6.07) is 9.84. The summed E-state index contributed by atoms with van der Waals surface area (Å²) in [5, 5.41) is 12.5. The lowest BCUT2D eigenvalue weighted by molar-refractivity contribution is -0.133. The Hall–Kier alpha value is -2.06. The predicted octanol–water partition coefficient (Wildman–Crippen LogP) is 1.66. The molecule has 2 aliphatic rings. The van der Waals surface area contributed by atoms with Gasteiger partial charge in [-0.25, -0.2) is 0 Å². The van der Waals surface area contributed by atoms with Crippen LogP contribution in [0, 0.1) is 11.3 Å². The minimum atomic E-state index is -0.245. The van der Waals surface area contributed by atoms with Crippen LogP contribution >= 0.6 is 0 Å². The maximum Gasteiger partial charge on any atom is 0.240 e. The highest BCUT2D eigenvalue weighted by Gasteiger charge is 2.37. The van der Waals surface area contributed by atoms with Gasteiger partial charge in [-0.1, -0.05) is 12.1 Å². The Bertz CT molecular complexity index is 596. The number of methoxy groups -OCH3 is 1. The average molecular weight is 299 g/mol. The summed E-state index contributed by atoms with van der Waals surface area (Å²) < 4.78 is 5.27. The molecule has 0 spiro atoms. The summed E-state index contributed by atoms with van der Waals surface area (Å²) in [5.41, 5.74) is 1.19. The van der Waals surface area contributed by atoms with E-state index in [0.717, 1.165) is 31.6 Å². The van der Waals surface area contributed by atoms with Gasteiger partial charge in [0, 0.05) is 13.1 Å². The van der Waals surface area contributed by atoms with Crippen LogP contribution in [0.25, 0.3) is 0 Å². The smallest absolute Gasteiger partial charge is 0.240 e. The van der Waals surface area contributed by atoms with Crippen LogP contribution in [0.4, 0.5) is 0 Å². The van der Waals surface area contributed by atoms with E-state index in [2.05, 4.69) is 17.5 Å². The maximum absolute atomic E-state index is 12.6. The first-order chi connectivity index (χ1) is 10.7. The minimum Gasteiger partial charge on any atom is -0.497 e. The van der Waals surface area contributed by atoms with Gasteiger partial charge in [-0.15, -0.1) is 0 Å². The number of hydrogen-bond donors (Lipinski definition) is 1. The van der Waals surface area contributed by atoms with E-state index in [4.69, 9.17) is 10.00 Å². The second-order valence-corrected chi connectivity index (χ2v) is 5.99. The third kappa shape index (κ3) is 2.79. The highest BCUT2D eigenvalue weighted by Crippen LogP contribution is 2.30. The van der Waals surface area contributed by atoms with Gasteiger partial charge in [0.1, 0.15) is 11.8 Å². The van der Waals surface area contributed by atoms with Crippen molar-refractivity contribution in [2.45, 2.75) is 37.3 Å². The lowest BCUT2D eigenvalue weighted by Crippen LogP contribution is -2.45. The predicted molar refractivity (Wildman–Crippen MR) is 82.5 cm³/mol. The Morgan fingerprint density at radius 2 is 2.36 bits per heavy atom. The molecule has 2 fully saturated rings. The first kappa shape index (κ1) is 14.9. The zero-order chi connectivity index (χ0) is 15.5. The van der Waals surface area contributed by atoms with Gasteiger partial charge >= 0.3 is 0 Å². The molecule has 5 heteroatoms. The van der Waals surface area contributed by atoms with Crippen LogP contribution in [0.3, 0.4) is 0 Å². The number of nitrogens with one attached hydrogen (secondary N) is 1. The molecule has 0 aliphatic carbocycles. The molecule has 2 aliphatic heterocycles. The first-order valence-electron chi connectivity index (χ1n) is 7.80. The number of hydrogen-bond acceptors (Lipinski definition) is 4. The number of likely N-dealkylation sites (tertiary alicyclic amines) is 1. The molecule has 1 amide bonds. The summed E-state index contributed by atoms with van der Waals surface area (Å²) in [4.78, 5) is 14.3. The van der Waals surface area contributed by atoms with Crippen LogP contribution in [0.2, 0.25) is 0 Å². The molecule has 5 nitrogen and oxygen atoms in total. The fourth-order valence-corrected chi connectivity index (χ4v) is 3.44. The number of ether oxygens (including phenoxy) is 1. The van der Waals surface area contributed by atoms with Crippen LogP contribution in [0.5, 0.6) is 5.75 Å². The Morgan fingerprint density at radius 3 is 3.14 bits per heavy atom. The van der Waals surface area contributed by atoms with Crippen LogP contribution in [0.1, 0.15) is 30.7 Å². The minimum absolute atomic E-state index is 0.0782. The van der Waals surface area contributed by atoms with Gasteiger partial charge in [0.05, 0.1) is 19.2 Å². The van der Waals surface area contributed by atoms with E-state index in [-0.39, 0.29) is 18.0 Å². The second kappa shape index (κ2) is 6.37. The first-order valence-corrected chi connectivity index (χ1v) is 7.80. The fourth-order valence-electron chi connectivity index (χ4n) is 3.44. The van der Waals surface area contributed by atoms with E-state index in [0.29, 0.717) is 12.5 Å². The van der Waals surface area contributed by atoms with Gasteiger partial charge in [0.2, 0.25) is 5.91 Å². The quantitative estimate of drug-likeness (QED) is 0.922. The Kier molecular flexibility index (Phi) is 4.30. The Morgan fingerprint density at radius 1 is 1.50 bits per heavy atom. The summed E-state index contributed by atoms with van der Waals surface area (Å²) in [5.74, 6) is 1.23. The number of nitriles is 1. The molecule has 2 heterocycles. The van der Waals surface area contributed by atoms with Crippen LogP contribution < -0.4 is 10.1 Å². The topological polar surface area (TPSA) is 65.4 Å². The van der Waals surface area contributed by atoms with E-state index in [1.54, 1.807) is 12.0 Å². The zero-order valence-corrected chi connectivity index (χ0v) is 12.8. The number of rotatable bonds is 3. The normalized spacial score (nSPS) is 27.6. The van der Waals surface area contributed by atoms with Crippen LogP contribution in [-0.4, -0.2) is 43.1 Å². The number of carbonyl (C=O) groups excluding carboxylic acids is 1. The third-order valence-corrected chi connectivity index (χ3v) is 4.68. The Labute approximate surface area is 130 Å². The van der Waals surface area contributed by atoms with Crippen molar-refractivity contribution in [2.75, 3.05) is 20.2 Å². The van der Waals surface area contributed by atoms with Gasteiger partial charge in [-0.3, -0.25) is 4.79 Å². The molecule has 3 rings (SSSR count). The third-order valence-electron chi connectivity index (χ3n) is 4.68. The molecule has 3 atom stereocenters. The van der Waals surface area contributed by atoms with Crippen molar-refractivity contribution < 1.29 is 9.53 Å². The van der Waals surface area contributed by atoms with E-state index in [9.17, 15) is 4.79 Å². The van der Waals surface area contributed by atoms with E-state index in [1.807, 2.05) is 18.2 Å². The van der Waals surface area contributed by atoms with Crippen molar-refractivity contribution in [3.63, 3.8) is 0 Å². The molecule has 0 aromatic heterocycles. The molecule has 0 bridgehead atoms. The zero-order valence-electron chi connectivity index (χ0n) is 12.8. The van der Waals surface area contributed by atoms with Crippen LogP contribution in [-0.2, 0) is 4.79 Å². The summed E-state index contributed by atoms with van der Waals surface area (Å²) in [6.45, 7) is 1.49. The lowest BCUT2D eigenvalue weighted by atomic mass is 9.95. The number of amides is 1. The molecule has 0 saturated carbocycles. The van der Waals surface area contributed by atoms with Crippen molar-refractivity contribution in [3.05, 3.63) is 29.8 Å². The molecule has 1 aromatic carbocycles. The summed E-state index contributed by atoms with van der Waals surface area (Å²) in [6.07, 6.45) is 2.50. The second-order valence-electron chi connectivity index (χ2n) is 5.99. The van der Waals surface area contributed by atoms with Gasteiger partial charge < -0.3 is 15.0 Å². The van der Waals surface area contributed by atoms with Crippen molar-refractivity contribution in [3.8, 4) is 11.8 Å². The van der Waals surface area contributed by atoms with Crippen molar-refractivity contribution in [2.24, 2.45) is 0 Å².